The first kappa shape index (κ1) is 21.5. The smallest absolute Gasteiger partial charge is 0.321 e. The van der Waals surface area contributed by atoms with E-state index in [0.29, 0.717) is 36.6 Å². The van der Waals surface area contributed by atoms with Crippen molar-refractivity contribution in [1.82, 2.24) is 4.90 Å². The number of anilines is 2. The number of halogens is 1. The summed E-state index contributed by atoms with van der Waals surface area (Å²) >= 11 is 6.19. The zero-order valence-electron chi connectivity index (χ0n) is 18.5. The lowest BCUT2D eigenvalue weighted by molar-refractivity contribution is -0.144. The highest BCUT2D eigenvalue weighted by Gasteiger charge is 2.62. The van der Waals surface area contributed by atoms with Crippen molar-refractivity contribution in [3.63, 3.8) is 0 Å². The first-order valence-electron chi connectivity index (χ1n) is 11.3. The van der Waals surface area contributed by atoms with Gasteiger partial charge in [-0.2, -0.15) is 0 Å². The molecule has 3 aromatic rings. The number of likely N-dealkylation sites (tertiary alicyclic amines) is 1. The highest BCUT2D eigenvalue weighted by atomic mass is 35.5. The Hall–Kier alpha value is -3.31. The van der Waals surface area contributed by atoms with Crippen LogP contribution in [0.5, 0.6) is 0 Å². The Morgan fingerprint density at radius 3 is 2.24 bits per heavy atom. The van der Waals surface area contributed by atoms with Crippen molar-refractivity contribution in [2.45, 2.75) is 25.8 Å². The second-order valence-electron chi connectivity index (χ2n) is 8.81. The molecule has 0 aliphatic carbocycles. The van der Waals surface area contributed by atoms with Crippen molar-refractivity contribution in [1.29, 1.82) is 0 Å². The summed E-state index contributed by atoms with van der Waals surface area (Å²) in [6.07, 6.45) is 1.27. The Kier molecular flexibility index (Phi) is 5.59. The molecule has 5 nitrogen and oxygen atoms in total. The Morgan fingerprint density at radius 1 is 0.939 bits per heavy atom. The van der Waals surface area contributed by atoms with E-state index in [-0.39, 0.29) is 18.0 Å². The maximum absolute atomic E-state index is 13.6. The van der Waals surface area contributed by atoms with Gasteiger partial charge in [-0.3, -0.25) is 4.79 Å². The lowest BCUT2D eigenvalue weighted by atomic mass is 9.62. The molecule has 2 aliphatic heterocycles. The fourth-order valence-corrected chi connectivity index (χ4v) is 5.32. The summed E-state index contributed by atoms with van der Waals surface area (Å²) in [5.41, 5.74) is 3.12. The number of carbonyl (C=O) groups excluding carboxylic acids is 2. The van der Waals surface area contributed by atoms with E-state index in [1.165, 1.54) is 0 Å². The Morgan fingerprint density at radius 2 is 1.58 bits per heavy atom. The third kappa shape index (κ3) is 3.66. The molecular weight excluding hydrogens is 434 g/mol. The Bertz CT molecular complexity index is 1170. The number of β-lactam (4-membered cyclic amide) rings is 1. The van der Waals surface area contributed by atoms with E-state index in [1.54, 1.807) is 4.90 Å². The molecule has 5 rings (SSSR count). The van der Waals surface area contributed by atoms with Crippen LogP contribution in [0.3, 0.4) is 0 Å². The van der Waals surface area contributed by atoms with Gasteiger partial charge < -0.3 is 15.1 Å². The molecule has 1 spiro atoms. The van der Waals surface area contributed by atoms with Crippen LogP contribution in [0.15, 0.2) is 78.9 Å². The standard InChI is InChI=1S/C27H26ClN3O2/c1-19-22(28)13-8-14-23(19)29-26(33)30-17-15-27(16-18-30)24(20-9-4-2-5-10-20)31(25(27)32)21-11-6-3-7-12-21/h2-14,24H,15-18H2,1H3,(H,29,33). The molecule has 0 bridgehead atoms. The molecule has 0 saturated carbocycles. The summed E-state index contributed by atoms with van der Waals surface area (Å²) in [6, 6.07) is 25.4. The van der Waals surface area contributed by atoms with E-state index in [9.17, 15) is 9.59 Å². The molecule has 3 aromatic carbocycles. The van der Waals surface area contributed by atoms with E-state index < -0.39 is 5.41 Å². The number of benzene rings is 3. The number of nitrogens with one attached hydrogen (secondary N) is 1. The van der Waals surface area contributed by atoms with Gasteiger partial charge in [-0.05, 0) is 55.2 Å². The minimum absolute atomic E-state index is 0.0333. The van der Waals surface area contributed by atoms with Gasteiger partial charge in [0.1, 0.15) is 0 Å². The molecule has 168 valence electrons. The summed E-state index contributed by atoms with van der Waals surface area (Å²) in [6.45, 7) is 2.95. The van der Waals surface area contributed by atoms with Crippen molar-refractivity contribution in [2.24, 2.45) is 5.41 Å². The quantitative estimate of drug-likeness (QED) is 0.484. The van der Waals surface area contributed by atoms with Crippen molar-refractivity contribution >= 4 is 34.9 Å². The largest absolute Gasteiger partial charge is 0.324 e. The number of hydrogen-bond acceptors (Lipinski definition) is 2. The van der Waals surface area contributed by atoms with Crippen LogP contribution in [0.25, 0.3) is 0 Å². The van der Waals surface area contributed by atoms with Crippen LogP contribution in [0.4, 0.5) is 16.2 Å². The fraction of sp³-hybridized carbons (Fsp3) is 0.259. The Labute approximate surface area is 199 Å². The van der Waals surface area contributed by atoms with Crippen molar-refractivity contribution in [2.75, 3.05) is 23.3 Å². The highest BCUT2D eigenvalue weighted by Crippen LogP contribution is 2.57. The lowest BCUT2D eigenvalue weighted by Crippen LogP contribution is -2.67. The average molecular weight is 460 g/mol. The zero-order chi connectivity index (χ0) is 23.0. The third-order valence-electron chi connectivity index (χ3n) is 7.03. The molecule has 1 unspecified atom stereocenters. The molecule has 2 saturated heterocycles. The minimum atomic E-state index is -0.486. The van der Waals surface area contributed by atoms with Crippen LogP contribution in [0.2, 0.25) is 5.02 Å². The molecule has 6 heteroatoms. The summed E-state index contributed by atoms with van der Waals surface area (Å²) in [4.78, 5) is 30.2. The van der Waals surface area contributed by atoms with Gasteiger partial charge in [0.2, 0.25) is 5.91 Å². The van der Waals surface area contributed by atoms with Gasteiger partial charge >= 0.3 is 6.03 Å². The molecule has 0 aromatic heterocycles. The SMILES string of the molecule is Cc1c(Cl)cccc1NC(=O)N1CCC2(CC1)C(=O)N(c1ccccc1)C2c1ccccc1. The molecule has 2 aliphatic rings. The summed E-state index contributed by atoms with van der Waals surface area (Å²) in [7, 11) is 0. The summed E-state index contributed by atoms with van der Waals surface area (Å²) in [5, 5.41) is 3.60. The van der Waals surface area contributed by atoms with Gasteiger partial charge in [-0.15, -0.1) is 0 Å². The molecule has 3 amide bonds. The van der Waals surface area contributed by atoms with E-state index in [2.05, 4.69) is 17.4 Å². The number of carbonyl (C=O) groups is 2. The third-order valence-corrected chi connectivity index (χ3v) is 7.44. The number of nitrogens with zero attached hydrogens (tertiary/aromatic N) is 2. The predicted octanol–water partition coefficient (Wildman–Crippen LogP) is 6.05. The molecule has 2 heterocycles. The molecular formula is C27H26ClN3O2. The predicted molar refractivity (Wildman–Crippen MR) is 132 cm³/mol. The fourth-order valence-electron chi connectivity index (χ4n) is 5.15. The average Bonchev–Trinajstić information content (AvgIpc) is 2.86. The van der Waals surface area contributed by atoms with Crippen molar-refractivity contribution in [3.05, 3.63) is 95.0 Å². The van der Waals surface area contributed by atoms with E-state index in [4.69, 9.17) is 11.6 Å². The number of rotatable bonds is 3. The Balaban J connectivity index is 1.36. The number of piperidine rings is 1. The van der Waals surface area contributed by atoms with Gasteiger partial charge in [-0.25, -0.2) is 4.79 Å². The van der Waals surface area contributed by atoms with Crippen molar-refractivity contribution < 1.29 is 9.59 Å². The number of amides is 3. The maximum Gasteiger partial charge on any atom is 0.321 e. The van der Waals surface area contributed by atoms with Gasteiger partial charge in [0.05, 0.1) is 11.5 Å². The molecule has 1 atom stereocenters. The highest BCUT2D eigenvalue weighted by molar-refractivity contribution is 6.31. The molecule has 0 radical (unpaired) electrons. The monoisotopic (exact) mass is 459 g/mol. The normalized spacial score (nSPS) is 19.3. The second kappa shape index (κ2) is 8.56. The number of urea groups is 1. The van der Waals surface area contributed by atoms with Crippen LogP contribution < -0.4 is 10.2 Å². The van der Waals surface area contributed by atoms with Crippen molar-refractivity contribution in [3.8, 4) is 0 Å². The van der Waals surface area contributed by atoms with Crippen LogP contribution in [0, 0.1) is 12.3 Å². The lowest BCUT2D eigenvalue weighted by Gasteiger charge is -2.59. The number of hydrogen-bond donors (Lipinski definition) is 1. The molecule has 2 fully saturated rings. The molecule has 33 heavy (non-hydrogen) atoms. The van der Waals surface area contributed by atoms with Crippen LogP contribution in [0.1, 0.15) is 30.0 Å². The van der Waals surface area contributed by atoms with Gasteiger partial charge in [-0.1, -0.05) is 66.2 Å². The molecule has 1 N–H and O–H groups in total. The van der Waals surface area contributed by atoms with Gasteiger partial charge in [0, 0.05) is 29.5 Å². The topological polar surface area (TPSA) is 52.7 Å². The van der Waals surface area contributed by atoms with Gasteiger partial charge in [0.15, 0.2) is 0 Å². The first-order chi connectivity index (χ1) is 16.0. The van der Waals surface area contributed by atoms with Crippen LogP contribution >= 0.6 is 11.6 Å². The maximum atomic E-state index is 13.6. The minimum Gasteiger partial charge on any atom is -0.324 e. The second-order valence-corrected chi connectivity index (χ2v) is 9.22. The van der Waals surface area contributed by atoms with Gasteiger partial charge in [0.25, 0.3) is 0 Å². The number of para-hydroxylation sites is 1. The first-order valence-corrected chi connectivity index (χ1v) is 11.6. The van der Waals surface area contributed by atoms with E-state index in [0.717, 1.165) is 16.8 Å². The van der Waals surface area contributed by atoms with Crippen LogP contribution in [-0.4, -0.2) is 29.9 Å². The van der Waals surface area contributed by atoms with Crippen LogP contribution in [-0.2, 0) is 4.79 Å². The van der Waals surface area contributed by atoms with E-state index >= 15 is 0 Å². The summed E-state index contributed by atoms with van der Waals surface area (Å²) < 4.78 is 0. The summed E-state index contributed by atoms with van der Waals surface area (Å²) in [5.74, 6) is 0.147. The zero-order valence-corrected chi connectivity index (χ0v) is 19.3. The van der Waals surface area contributed by atoms with E-state index in [1.807, 2.05) is 78.6 Å².